The van der Waals surface area contributed by atoms with E-state index in [1.165, 1.54) is 19.1 Å². The van der Waals surface area contributed by atoms with E-state index in [4.69, 9.17) is 5.41 Å². The third-order valence-electron chi connectivity index (χ3n) is 1.81. The average molecular weight is 139 g/mol. The maximum atomic E-state index is 6.92. The highest BCUT2D eigenvalue weighted by atomic mass is 14.3. The zero-order valence-electron chi connectivity index (χ0n) is 6.77. The Morgan fingerprint density at radius 3 is 2.70 bits per heavy atom. The first-order valence-corrected chi connectivity index (χ1v) is 3.95. The van der Waals surface area contributed by atoms with Crippen LogP contribution in [0, 0.1) is 11.3 Å². The third-order valence-corrected chi connectivity index (χ3v) is 1.81. The van der Waals surface area contributed by atoms with E-state index in [9.17, 15) is 0 Å². The topological polar surface area (TPSA) is 23.9 Å². The number of nitrogens with one attached hydrogen (secondary N) is 1. The number of rotatable bonds is 6. The van der Waals surface area contributed by atoms with Crippen molar-refractivity contribution in [2.24, 2.45) is 5.92 Å². The van der Waals surface area contributed by atoms with E-state index < -0.39 is 0 Å². The van der Waals surface area contributed by atoms with Gasteiger partial charge in [-0.2, -0.15) is 0 Å². The van der Waals surface area contributed by atoms with Crippen LogP contribution in [0.2, 0.25) is 0 Å². The highest BCUT2D eigenvalue weighted by Crippen LogP contribution is 2.13. The van der Waals surface area contributed by atoms with Gasteiger partial charge in [-0.3, -0.25) is 0 Å². The van der Waals surface area contributed by atoms with Gasteiger partial charge in [-0.15, -0.1) is 6.58 Å². The minimum Gasteiger partial charge on any atom is -0.313 e. The smallest absolute Gasteiger partial charge is 0.00450 e. The van der Waals surface area contributed by atoms with Gasteiger partial charge >= 0.3 is 0 Å². The molecule has 58 valence electrons. The van der Waals surface area contributed by atoms with Crippen molar-refractivity contribution in [1.29, 1.82) is 5.41 Å². The third kappa shape index (κ3) is 4.30. The fraction of sp³-hybridized carbons (Fsp3) is 0.667. The Hall–Kier alpha value is -0.590. The molecule has 0 bridgehead atoms. The van der Waals surface area contributed by atoms with Crippen LogP contribution in [-0.2, 0) is 0 Å². The van der Waals surface area contributed by atoms with Crippen LogP contribution >= 0.6 is 0 Å². The van der Waals surface area contributed by atoms with E-state index in [1.807, 2.05) is 6.08 Å². The van der Waals surface area contributed by atoms with E-state index in [1.54, 1.807) is 0 Å². The molecule has 0 aromatic heterocycles. The van der Waals surface area contributed by atoms with Crippen molar-refractivity contribution >= 4 is 6.21 Å². The lowest BCUT2D eigenvalue weighted by atomic mass is 9.97. The molecule has 0 heterocycles. The maximum Gasteiger partial charge on any atom is -0.00450 e. The van der Waals surface area contributed by atoms with Crippen molar-refractivity contribution in [3.05, 3.63) is 12.7 Å². The molecule has 1 N–H and O–H groups in total. The largest absolute Gasteiger partial charge is 0.313 e. The molecule has 0 aromatic carbocycles. The summed E-state index contributed by atoms with van der Waals surface area (Å²) in [6, 6.07) is 0. The fourth-order valence-corrected chi connectivity index (χ4v) is 1.01. The predicted octanol–water partition coefficient (Wildman–Crippen LogP) is 3.02. The van der Waals surface area contributed by atoms with E-state index in [-0.39, 0.29) is 0 Å². The molecule has 0 saturated carbocycles. The molecule has 0 aromatic rings. The molecular formula is C9H17N. The lowest BCUT2D eigenvalue weighted by Gasteiger charge is -2.08. The van der Waals surface area contributed by atoms with Crippen molar-refractivity contribution in [3.8, 4) is 0 Å². The Morgan fingerprint density at radius 2 is 2.30 bits per heavy atom. The standard InChI is InChI=1S/C9H17N/c1-3-5-6-9(4-2)7-8-10/h3,8-10H,1,4-7H2,2H3. The van der Waals surface area contributed by atoms with E-state index in [0.717, 1.165) is 12.8 Å². The lowest BCUT2D eigenvalue weighted by molar-refractivity contribution is 0.495. The molecule has 0 amide bonds. The summed E-state index contributed by atoms with van der Waals surface area (Å²) in [7, 11) is 0. The van der Waals surface area contributed by atoms with Gasteiger partial charge in [0.2, 0.25) is 0 Å². The first-order valence-electron chi connectivity index (χ1n) is 3.95. The van der Waals surface area contributed by atoms with Gasteiger partial charge in [0.15, 0.2) is 0 Å². The molecule has 0 aliphatic rings. The van der Waals surface area contributed by atoms with E-state index in [2.05, 4.69) is 13.5 Å². The van der Waals surface area contributed by atoms with Gasteiger partial charge in [0.1, 0.15) is 0 Å². The Labute approximate surface area is 63.7 Å². The molecule has 0 spiro atoms. The fourth-order valence-electron chi connectivity index (χ4n) is 1.01. The molecule has 0 radical (unpaired) electrons. The Bertz CT molecular complexity index is 96.9. The summed E-state index contributed by atoms with van der Waals surface area (Å²) in [5, 5.41) is 6.92. The first kappa shape index (κ1) is 9.41. The molecule has 10 heavy (non-hydrogen) atoms. The van der Waals surface area contributed by atoms with Crippen LogP contribution in [0.4, 0.5) is 0 Å². The Morgan fingerprint density at radius 1 is 1.60 bits per heavy atom. The van der Waals surface area contributed by atoms with E-state index in [0.29, 0.717) is 5.92 Å². The molecule has 1 heteroatoms. The Kier molecular flexibility index (Phi) is 6.14. The highest BCUT2D eigenvalue weighted by Gasteiger charge is 2.01. The van der Waals surface area contributed by atoms with Gasteiger partial charge < -0.3 is 5.41 Å². The van der Waals surface area contributed by atoms with Gasteiger partial charge in [-0.25, -0.2) is 0 Å². The van der Waals surface area contributed by atoms with Gasteiger partial charge in [0, 0.05) is 0 Å². The van der Waals surface area contributed by atoms with Crippen molar-refractivity contribution in [2.45, 2.75) is 32.6 Å². The van der Waals surface area contributed by atoms with Crippen molar-refractivity contribution in [1.82, 2.24) is 0 Å². The average Bonchev–Trinajstić information content (AvgIpc) is 1.98. The zero-order chi connectivity index (χ0) is 7.82. The second-order valence-corrected chi connectivity index (χ2v) is 2.58. The zero-order valence-corrected chi connectivity index (χ0v) is 6.77. The number of hydrogen-bond donors (Lipinski definition) is 1. The normalized spacial score (nSPS) is 12.5. The molecule has 1 unspecified atom stereocenters. The summed E-state index contributed by atoms with van der Waals surface area (Å²) in [4.78, 5) is 0. The van der Waals surface area contributed by atoms with Crippen LogP contribution < -0.4 is 0 Å². The molecule has 0 fully saturated rings. The van der Waals surface area contributed by atoms with E-state index >= 15 is 0 Å². The molecule has 0 aliphatic heterocycles. The minimum atomic E-state index is 0.704. The van der Waals surface area contributed by atoms with Gasteiger partial charge in [0.05, 0.1) is 0 Å². The maximum absolute atomic E-state index is 6.92. The monoisotopic (exact) mass is 139 g/mol. The van der Waals surface area contributed by atoms with Gasteiger partial charge in [-0.05, 0) is 31.4 Å². The van der Waals surface area contributed by atoms with Crippen LogP contribution in [-0.4, -0.2) is 6.21 Å². The Balaban J connectivity index is 3.38. The second-order valence-electron chi connectivity index (χ2n) is 2.58. The van der Waals surface area contributed by atoms with Crippen LogP contribution in [0.3, 0.4) is 0 Å². The van der Waals surface area contributed by atoms with Crippen LogP contribution in [0.25, 0.3) is 0 Å². The van der Waals surface area contributed by atoms with Crippen molar-refractivity contribution in [2.75, 3.05) is 0 Å². The van der Waals surface area contributed by atoms with Crippen molar-refractivity contribution in [3.63, 3.8) is 0 Å². The molecule has 1 nitrogen and oxygen atoms in total. The summed E-state index contributed by atoms with van der Waals surface area (Å²) in [5.74, 6) is 0.704. The molecule has 0 rings (SSSR count). The minimum absolute atomic E-state index is 0.704. The van der Waals surface area contributed by atoms with Crippen LogP contribution in [0.1, 0.15) is 32.6 Å². The predicted molar refractivity (Wildman–Crippen MR) is 46.6 cm³/mol. The quantitative estimate of drug-likeness (QED) is 0.432. The molecule has 0 saturated heterocycles. The van der Waals surface area contributed by atoms with Crippen LogP contribution in [0.15, 0.2) is 12.7 Å². The first-order chi connectivity index (χ1) is 4.85. The molecule has 0 aliphatic carbocycles. The summed E-state index contributed by atoms with van der Waals surface area (Å²) in [6.07, 6.45) is 7.86. The molecular weight excluding hydrogens is 122 g/mol. The number of allylic oxidation sites excluding steroid dienone is 1. The van der Waals surface area contributed by atoms with Gasteiger partial charge in [0.25, 0.3) is 0 Å². The summed E-state index contributed by atoms with van der Waals surface area (Å²) in [5.41, 5.74) is 0. The summed E-state index contributed by atoms with van der Waals surface area (Å²) >= 11 is 0. The number of hydrogen-bond acceptors (Lipinski definition) is 1. The SMILES string of the molecule is C=CCCC(CC)CC=N. The molecule has 1 atom stereocenters. The second kappa shape index (κ2) is 6.53. The lowest BCUT2D eigenvalue weighted by Crippen LogP contribution is -1.97. The van der Waals surface area contributed by atoms with Gasteiger partial charge in [-0.1, -0.05) is 19.4 Å². The van der Waals surface area contributed by atoms with Crippen LogP contribution in [0.5, 0.6) is 0 Å². The van der Waals surface area contributed by atoms with Crippen molar-refractivity contribution < 1.29 is 0 Å². The highest BCUT2D eigenvalue weighted by molar-refractivity contribution is 5.53. The summed E-state index contributed by atoms with van der Waals surface area (Å²) < 4.78 is 0. The summed E-state index contributed by atoms with van der Waals surface area (Å²) in [6.45, 7) is 5.85.